The summed E-state index contributed by atoms with van der Waals surface area (Å²) in [5.74, 6) is -0.986. The van der Waals surface area contributed by atoms with E-state index < -0.39 is 55.4 Å². The van der Waals surface area contributed by atoms with Crippen molar-refractivity contribution in [1.82, 2.24) is 14.6 Å². The van der Waals surface area contributed by atoms with Gasteiger partial charge in [-0.1, -0.05) is 25.1 Å². The largest absolute Gasteiger partial charge is 0.462 e. The van der Waals surface area contributed by atoms with Crippen molar-refractivity contribution in [1.29, 1.82) is 0 Å². The van der Waals surface area contributed by atoms with Gasteiger partial charge in [-0.2, -0.15) is 5.09 Å². The number of aliphatic hydroxyl groups excluding tert-OH is 1. The molecule has 3 rings (SSSR count). The second-order valence-corrected chi connectivity index (χ2v) is 10.6. The minimum atomic E-state index is -4.17. The highest BCUT2D eigenvalue weighted by molar-refractivity contribution is 7.52. The quantitative estimate of drug-likeness (QED) is 0.309. The predicted molar refractivity (Wildman–Crippen MR) is 130 cm³/mol. The van der Waals surface area contributed by atoms with Gasteiger partial charge < -0.3 is 19.1 Å². The lowest BCUT2D eigenvalue weighted by molar-refractivity contribution is -0.149. The van der Waals surface area contributed by atoms with Crippen LogP contribution < -0.4 is 20.9 Å². The molecule has 13 heteroatoms. The number of ether oxygens (including phenoxy) is 2. The first-order chi connectivity index (χ1) is 16.9. The van der Waals surface area contributed by atoms with Gasteiger partial charge in [-0.05, 0) is 39.8 Å². The van der Waals surface area contributed by atoms with Gasteiger partial charge in [-0.25, -0.2) is 9.36 Å². The van der Waals surface area contributed by atoms with Crippen molar-refractivity contribution >= 4 is 13.7 Å². The average Bonchev–Trinajstić information content (AvgIpc) is 3.08. The molecule has 1 saturated heterocycles. The molecule has 2 heterocycles. The van der Waals surface area contributed by atoms with Crippen molar-refractivity contribution in [2.24, 2.45) is 5.92 Å². The zero-order valence-electron chi connectivity index (χ0n) is 20.7. The Balaban J connectivity index is 1.77. The number of aromatic nitrogens is 2. The van der Waals surface area contributed by atoms with Crippen LogP contribution in [0.1, 0.15) is 39.5 Å². The molecular formula is C23H32N3O9P. The topological polar surface area (TPSA) is 158 Å². The fourth-order valence-electron chi connectivity index (χ4n) is 3.63. The van der Waals surface area contributed by atoms with Gasteiger partial charge in [0.1, 0.15) is 24.1 Å². The number of hydrogen-bond donors (Lipinski definition) is 3. The molecule has 0 bridgehead atoms. The smallest absolute Gasteiger partial charge is 0.459 e. The lowest BCUT2D eigenvalue weighted by Gasteiger charge is -2.25. The number of para-hydroxylation sites is 1. The number of nitrogens with zero attached hydrogens (tertiary/aromatic N) is 1. The number of benzene rings is 1. The summed E-state index contributed by atoms with van der Waals surface area (Å²) in [6.45, 7) is 7.66. The third-order valence-corrected chi connectivity index (χ3v) is 7.18. The molecule has 0 amide bonds. The summed E-state index contributed by atoms with van der Waals surface area (Å²) in [4.78, 5) is 38.5. The molecule has 12 nitrogen and oxygen atoms in total. The first kappa shape index (κ1) is 27.8. The molecule has 2 unspecified atom stereocenters. The maximum Gasteiger partial charge on any atom is 0.459 e. The highest BCUT2D eigenvalue weighted by Gasteiger charge is 2.44. The van der Waals surface area contributed by atoms with E-state index in [1.807, 2.05) is 0 Å². The molecule has 198 valence electrons. The Kier molecular flexibility index (Phi) is 8.91. The zero-order chi connectivity index (χ0) is 26.6. The Morgan fingerprint density at radius 1 is 1.25 bits per heavy atom. The van der Waals surface area contributed by atoms with Crippen LogP contribution in [0.15, 0.2) is 46.1 Å². The van der Waals surface area contributed by atoms with Gasteiger partial charge in [0.2, 0.25) is 0 Å². The Hall–Kier alpha value is -2.76. The molecule has 3 N–H and O–H groups in total. The van der Waals surface area contributed by atoms with Crippen LogP contribution in [-0.2, 0) is 23.4 Å². The number of rotatable bonds is 10. The summed E-state index contributed by atoms with van der Waals surface area (Å²) in [5.41, 5.74) is -0.905. The number of aliphatic hydroxyl groups is 1. The number of carbonyl (C=O) groups excluding carboxylic acids is 1. The normalized spacial score (nSPS) is 24.3. The Morgan fingerprint density at radius 3 is 2.56 bits per heavy atom. The number of hydrogen-bond acceptors (Lipinski definition) is 9. The van der Waals surface area contributed by atoms with Crippen molar-refractivity contribution < 1.29 is 33.0 Å². The molecule has 1 fully saturated rings. The van der Waals surface area contributed by atoms with Crippen LogP contribution >= 0.6 is 7.75 Å². The van der Waals surface area contributed by atoms with E-state index in [2.05, 4.69) is 10.1 Å². The summed E-state index contributed by atoms with van der Waals surface area (Å²) in [6, 6.07) is 7.20. The Labute approximate surface area is 208 Å². The van der Waals surface area contributed by atoms with E-state index >= 15 is 0 Å². The number of aryl methyl sites for hydroxylation is 1. The average molecular weight is 525 g/mol. The second kappa shape index (κ2) is 11.5. The molecule has 1 aliphatic heterocycles. The summed E-state index contributed by atoms with van der Waals surface area (Å²) in [5, 5.41) is 13.3. The number of H-pyrrole nitrogens is 1. The van der Waals surface area contributed by atoms with E-state index in [0.717, 1.165) is 0 Å². The number of esters is 1. The first-order valence-corrected chi connectivity index (χ1v) is 13.1. The zero-order valence-corrected chi connectivity index (χ0v) is 21.6. The standard InChI is InChI=1S/C23H32N3O9P/c1-13(2)33-22(29)16(5)25-36(31,35-17-9-7-6-8-10-17)32-12-18-19(27)15(4)21(34-18)26-11-14(3)20(28)24-23(26)30/h6-11,13,15-16,18-19,21,27H,12H2,1-5H3,(H,25,31)(H,24,28,30)/t15?,16-,18-,19-,21-,36?/m0/s1. The van der Waals surface area contributed by atoms with Gasteiger partial charge in [0.25, 0.3) is 5.56 Å². The molecule has 0 aliphatic carbocycles. The number of nitrogens with one attached hydrogen (secondary N) is 2. The van der Waals surface area contributed by atoms with E-state index in [9.17, 15) is 24.1 Å². The van der Waals surface area contributed by atoms with E-state index in [1.54, 1.807) is 58.0 Å². The van der Waals surface area contributed by atoms with Crippen molar-refractivity contribution in [3.05, 3.63) is 62.9 Å². The SMILES string of the molecule is Cc1cn([C@H]2O[C@@H](COP(=O)(N[C@@H](C)C(=O)OC(C)C)Oc3ccccc3)[C@@H](O)C2C)c(=O)[nH]c1=O. The lowest BCUT2D eigenvalue weighted by Crippen LogP contribution is -2.37. The minimum absolute atomic E-state index is 0.229. The fourth-order valence-corrected chi connectivity index (χ4v) is 5.13. The van der Waals surface area contributed by atoms with Crippen LogP contribution in [0.2, 0.25) is 0 Å². The highest BCUT2D eigenvalue weighted by atomic mass is 31.2. The van der Waals surface area contributed by atoms with Gasteiger partial charge in [0.05, 0.1) is 18.8 Å². The molecule has 36 heavy (non-hydrogen) atoms. The molecule has 0 saturated carbocycles. The second-order valence-electron chi connectivity index (χ2n) is 8.93. The number of carbonyl (C=O) groups is 1. The first-order valence-electron chi connectivity index (χ1n) is 11.5. The van der Waals surface area contributed by atoms with Gasteiger partial charge >= 0.3 is 19.4 Å². The van der Waals surface area contributed by atoms with Gasteiger partial charge in [0, 0.05) is 17.7 Å². The predicted octanol–water partition coefficient (Wildman–Crippen LogP) is 1.87. The molecule has 1 aromatic carbocycles. The van der Waals surface area contributed by atoms with Crippen LogP contribution in [0.3, 0.4) is 0 Å². The monoisotopic (exact) mass is 525 g/mol. The van der Waals surface area contributed by atoms with Crippen LogP contribution in [-0.4, -0.2) is 51.6 Å². The Morgan fingerprint density at radius 2 is 1.92 bits per heavy atom. The molecule has 2 aromatic rings. The van der Waals surface area contributed by atoms with E-state index in [0.29, 0.717) is 5.56 Å². The van der Waals surface area contributed by atoms with Crippen LogP contribution in [0, 0.1) is 12.8 Å². The lowest BCUT2D eigenvalue weighted by atomic mass is 10.0. The molecule has 0 spiro atoms. The van der Waals surface area contributed by atoms with Crippen LogP contribution in [0.4, 0.5) is 0 Å². The van der Waals surface area contributed by atoms with Crippen LogP contribution in [0.25, 0.3) is 0 Å². The summed E-state index contributed by atoms with van der Waals surface area (Å²) in [7, 11) is -4.17. The molecule has 6 atom stereocenters. The Bertz CT molecular complexity index is 1210. The van der Waals surface area contributed by atoms with E-state index in [-0.39, 0.29) is 18.5 Å². The summed E-state index contributed by atoms with van der Waals surface area (Å²) >= 11 is 0. The van der Waals surface area contributed by atoms with Crippen molar-refractivity contribution in [2.75, 3.05) is 6.61 Å². The molecule has 1 aliphatic rings. The summed E-state index contributed by atoms with van der Waals surface area (Å²) < 4.78 is 37.0. The maximum absolute atomic E-state index is 13.6. The third-order valence-electron chi connectivity index (χ3n) is 5.54. The minimum Gasteiger partial charge on any atom is -0.462 e. The van der Waals surface area contributed by atoms with Crippen molar-refractivity contribution in [3.63, 3.8) is 0 Å². The van der Waals surface area contributed by atoms with E-state index in [1.165, 1.54) is 17.7 Å². The van der Waals surface area contributed by atoms with Crippen molar-refractivity contribution in [3.8, 4) is 5.75 Å². The van der Waals surface area contributed by atoms with Crippen LogP contribution in [0.5, 0.6) is 5.75 Å². The fraction of sp³-hybridized carbons (Fsp3) is 0.522. The molecule has 1 aromatic heterocycles. The van der Waals surface area contributed by atoms with E-state index in [4.69, 9.17) is 18.5 Å². The number of aromatic amines is 1. The highest BCUT2D eigenvalue weighted by Crippen LogP contribution is 2.46. The summed E-state index contributed by atoms with van der Waals surface area (Å²) in [6.07, 6.45) is -2.01. The van der Waals surface area contributed by atoms with Gasteiger partial charge in [-0.15, -0.1) is 0 Å². The maximum atomic E-state index is 13.6. The molecular weight excluding hydrogens is 493 g/mol. The van der Waals surface area contributed by atoms with Gasteiger partial charge in [-0.3, -0.25) is 23.7 Å². The third kappa shape index (κ3) is 6.71. The van der Waals surface area contributed by atoms with Crippen molar-refractivity contribution in [2.45, 2.75) is 65.2 Å². The van der Waals surface area contributed by atoms with Gasteiger partial charge in [0.15, 0.2) is 0 Å². The molecule has 0 radical (unpaired) electrons.